The van der Waals surface area contributed by atoms with Crippen LogP contribution < -0.4 is 10.1 Å². The molecule has 2 aromatic heterocycles. The van der Waals surface area contributed by atoms with Crippen molar-refractivity contribution in [3.63, 3.8) is 0 Å². The second kappa shape index (κ2) is 7.44. The van der Waals surface area contributed by atoms with Gasteiger partial charge >= 0.3 is 0 Å². The number of anilines is 1. The van der Waals surface area contributed by atoms with Gasteiger partial charge in [-0.25, -0.2) is 4.68 Å². The average Bonchev–Trinajstić information content (AvgIpc) is 3.17. The number of amides is 1. The fourth-order valence-electron chi connectivity index (χ4n) is 2.57. The highest BCUT2D eigenvalue weighted by molar-refractivity contribution is 6.31. The molecule has 8 heteroatoms. The standard InChI is InChI=1S/C19H22ClN5O2/c1-5-24-13(2)11-16(22-24)21-18(26)19(3,4)27-17-15(20)12-25(23-17)14-9-7-6-8-10-14/h6-12H,5H2,1-4H3,(H,21,22,26). The van der Waals surface area contributed by atoms with Gasteiger partial charge in [-0.2, -0.15) is 5.10 Å². The molecule has 0 aliphatic heterocycles. The minimum Gasteiger partial charge on any atom is -0.459 e. The highest BCUT2D eigenvalue weighted by atomic mass is 35.5. The van der Waals surface area contributed by atoms with Gasteiger partial charge < -0.3 is 10.1 Å². The van der Waals surface area contributed by atoms with Crippen LogP contribution in [0.4, 0.5) is 5.82 Å². The molecule has 1 aromatic carbocycles. The summed E-state index contributed by atoms with van der Waals surface area (Å²) in [6.07, 6.45) is 1.65. The van der Waals surface area contributed by atoms with E-state index in [1.807, 2.05) is 54.9 Å². The predicted molar refractivity (Wildman–Crippen MR) is 105 cm³/mol. The third kappa shape index (κ3) is 4.14. The fourth-order valence-corrected chi connectivity index (χ4v) is 2.73. The van der Waals surface area contributed by atoms with Crippen molar-refractivity contribution in [1.82, 2.24) is 19.6 Å². The summed E-state index contributed by atoms with van der Waals surface area (Å²) in [6, 6.07) is 11.3. The monoisotopic (exact) mass is 387 g/mol. The first-order chi connectivity index (χ1) is 12.8. The largest absolute Gasteiger partial charge is 0.459 e. The Morgan fingerprint density at radius 2 is 1.96 bits per heavy atom. The van der Waals surface area contributed by atoms with Crippen LogP contribution in [-0.2, 0) is 11.3 Å². The molecule has 0 saturated heterocycles. The van der Waals surface area contributed by atoms with Crippen LogP contribution in [0.5, 0.6) is 5.88 Å². The summed E-state index contributed by atoms with van der Waals surface area (Å²) in [5.74, 6) is 0.335. The van der Waals surface area contributed by atoms with Crippen LogP contribution in [0.15, 0.2) is 42.6 Å². The van der Waals surface area contributed by atoms with Crippen molar-refractivity contribution in [3.8, 4) is 11.6 Å². The lowest BCUT2D eigenvalue weighted by atomic mass is 10.1. The van der Waals surface area contributed by atoms with Gasteiger partial charge in [0.25, 0.3) is 11.8 Å². The number of halogens is 1. The summed E-state index contributed by atoms with van der Waals surface area (Å²) in [5.41, 5.74) is 0.622. The van der Waals surface area contributed by atoms with Crippen molar-refractivity contribution in [2.45, 2.75) is 39.8 Å². The Balaban J connectivity index is 1.75. The molecular formula is C19H22ClN5O2. The maximum atomic E-state index is 12.7. The van der Waals surface area contributed by atoms with Crippen LogP contribution in [0.2, 0.25) is 5.02 Å². The van der Waals surface area contributed by atoms with E-state index >= 15 is 0 Å². The number of hydrogen-bond acceptors (Lipinski definition) is 4. The minimum absolute atomic E-state index is 0.191. The van der Waals surface area contributed by atoms with Crippen LogP contribution in [0.3, 0.4) is 0 Å². The lowest BCUT2D eigenvalue weighted by Crippen LogP contribution is -2.42. The summed E-state index contributed by atoms with van der Waals surface area (Å²) < 4.78 is 9.24. The van der Waals surface area contributed by atoms with E-state index < -0.39 is 5.60 Å². The van der Waals surface area contributed by atoms with E-state index in [0.29, 0.717) is 10.8 Å². The average molecular weight is 388 g/mol. The number of benzene rings is 1. The molecule has 2 heterocycles. The van der Waals surface area contributed by atoms with Gasteiger partial charge in [0.05, 0.1) is 11.9 Å². The number of ether oxygens (including phenoxy) is 1. The smallest absolute Gasteiger partial charge is 0.269 e. The van der Waals surface area contributed by atoms with E-state index in [9.17, 15) is 4.79 Å². The molecule has 0 bridgehead atoms. The second-order valence-electron chi connectivity index (χ2n) is 6.62. The highest BCUT2D eigenvalue weighted by Gasteiger charge is 2.32. The first-order valence-corrected chi connectivity index (χ1v) is 9.03. The van der Waals surface area contributed by atoms with E-state index in [4.69, 9.17) is 16.3 Å². The Bertz CT molecular complexity index is 946. The van der Waals surface area contributed by atoms with Crippen molar-refractivity contribution in [1.29, 1.82) is 0 Å². The first-order valence-electron chi connectivity index (χ1n) is 8.65. The summed E-state index contributed by atoms with van der Waals surface area (Å²) in [4.78, 5) is 12.7. The lowest BCUT2D eigenvalue weighted by molar-refractivity contribution is -0.128. The molecule has 0 atom stereocenters. The molecule has 0 spiro atoms. The normalized spacial score (nSPS) is 11.4. The molecule has 27 heavy (non-hydrogen) atoms. The zero-order valence-corrected chi connectivity index (χ0v) is 16.5. The van der Waals surface area contributed by atoms with Crippen LogP contribution in [-0.4, -0.2) is 31.1 Å². The SMILES string of the molecule is CCn1nc(NC(=O)C(C)(C)Oc2nn(-c3ccccc3)cc2Cl)cc1C. The van der Waals surface area contributed by atoms with Crippen molar-refractivity contribution < 1.29 is 9.53 Å². The number of hydrogen-bond donors (Lipinski definition) is 1. The van der Waals surface area contributed by atoms with Gasteiger partial charge in [0.1, 0.15) is 5.02 Å². The molecule has 1 amide bonds. The third-order valence-corrected chi connectivity index (χ3v) is 4.34. The number of rotatable bonds is 6. The lowest BCUT2D eigenvalue weighted by Gasteiger charge is -2.23. The number of nitrogens with zero attached hydrogens (tertiary/aromatic N) is 4. The molecule has 0 unspecified atom stereocenters. The quantitative estimate of drug-likeness (QED) is 0.697. The molecule has 0 aliphatic rings. The zero-order chi connectivity index (χ0) is 19.6. The Morgan fingerprint density at radius 3 is 2.59 bits per heavy atom. The third-order valence-electron chi connectivity index (χ3n) is 4.08. The number of carbonyl (C=O) groups is 1. The van der Waals surface area contributed by atoms with Crippen molar-refractivity contribution in [3.05, 3.63) is 53.3 Å². The summed E-state index contributed by atoms with van der Waals surface area (Å²) >= 11 is 6.25. The maximum Gasteiger partial charge on any atom is 0.269 e. The Hall–Kier alpha value is -2.80. The van der Waals surface area contributed by atoms with E-state index in [1.165, 1.54) is 0 Å². The van der Waals surface area contributed by atoms with E-state index in [1.54, 1.807) is 24.7 Å². The van der Waals surface area contributed by atoms with Gasteiger partial charge in [0.15, 0.2) is 11.4 Å². The van der Waals surface area contributed by atoms with Gasteiger partial charge in [0.2, 0.25) is 0 Å². The number of carbonyl (C=O) groups excluding carboxylic acids is 1. The summed E-state index contributed by atoms with van der Waals surface area (Å²) in [7, 11) is 0. The Kier molecular flexibility index (Phi) is 5.23. The molecular weight excluding hydrogens is 366 g/mol. The highest BCUT2D eigenvalue weighted by Crippen LogP contribution is 2.28. The number of aryl methyl sites for hydroxylation is 2. The molecule has 0 radical (unpaired) electrons. The number of para-hydroxylation sites is 1. The Labute approximate surface area is 162 Å². The van der Waals surface area contributed by atoms with Gasteiger partial charge in [-0.1, -0.05) is 29.8 Å². The van der Waals surface area contributed by atoms with Crippen LogP contribution >= 0.6 is 11.6 Å². The maximum absolute atomic E-state index is 12.7. The molecule has 0 saturated carbocycles. The van der Waals surface area contributed by atoms with Gasteiger partial charge in [0, 0.05) is 18.3 Å². The Morgan fingerprint density at radius 1 is 1.26 bits per heavy atom. The van der Waals surface area contributed by atoms with Crippen LogP contribution in [0, 0.1) is 6.92 Å². The minimum atomic E-state index is -1.19. The van der Waals surface area contributed by atoms with Crippen molar-refractivity contribution in [2.75, 3.05) is 5.32 Å². The van der Waals surface area contributed by atoms with Crippen LogP contribution in [0.1, 0.15) is 26.5 Å². The number of nitrogens with one attached hydrogen (secondary N) is 1. The summed E-state index contributed by atoms with van der Waals surface area (Å²) in [6.45, 7) is 7.97. The van der Waals surface area contributed by atoms with Gasteiger partial charge in [-0.05, 0) is 39.8 Å². The molecule has 0 aliphatic carbocycles. The molecule has 142 valence electrons. The molecule has 3 rings (SSSR count). The molecule has 1 N–H and O–H groups in total. The first kappa shape index (κ1) is 19.0. The fraction of sp³-hybridized carbons (Fsp3) is 0.316. The molecule has 0 fully saturated rings. The van der Waals surface area contributed by atoms with Crippen molar-refractivity contribution >= 4 is 23.3 Å². The summed E-state index contributed by atoms with van der Waals surface area (Å²) in [5, 5.41) is 11.8. The topological polar surface area (TPSA) is 74.0 Å². The predicted octanol–water partition coefficient (Wildman–Crippen LogP) is 3.85. The van der Waals surface area contributed by atoms with Gasteiger partial charge in [-0.3, -0.25) is 9.48 Å². The van der Waals surface area contributed by atoms with Crippen LogP contribution in [0.25, 0.3) is 5.69 Å². The van der Waals surface area contributed by atoms with Crippen molar-refractivity contribution in [2.24, 2.45) is 0 Å². The number of aromatic nitrogens is 4. The van der Waals surface area contributed by atoms with E-state index in [-0.39, 0.29) is 11.8 Å². The zero-order valence-electron chi connectivity index (χ0n) is 15.7. The van der Waals surface area contributed by atoms with E-state index in [0.717, 1.165) is 17.9 Å². The van der Waals surface area contributed by atoms with E-state index in [2.05, 4.69) is 15.5 Å². The van der Waals surface area contributed by atoms with Gasteiger partial charge in [-0.15, -0.1) is 5.10 Å². The second-order valence-corrected chi connectivity index (χ2v) is 7.02. The molecule has 3 aromatic rings. The molecule has 7 nitrogen and oxygen atoms in total.